The lowest BCUT2D eigenvalue weighted by Crippen LogP contribution is -2.30. The number of nitrogens with one attached hydrogen (secondary N) is 1. The summed E-state index contributed by atoms with van der Waals surface area (Å²) in [6, 6.07) is 0. The van der Waals surface area contributed by atoms with E-state index in [9.17, 15) is 0 Å². The van der Waals surface area contributed by atoms with E-state index in [4.69, 9.17) is 0 Å². The normalized spacial score (nSPS) is 34.2. The van der Waals surface area contributed by atoms with E-state index in [1.165, 1.54) is 45.3 Å². The zero-order valence-electron chi connectivity index (χ0n) is 10.3. The Balaban J connectivity index is 1.52. The zero-order valence-corrected chi connectivity index (χ0v) is 10.3. The number of hydrogen-bond acceptors (Lipinski definition) is 2. The van der Waals surface area contributed by atoms with Gasteiger partial charge in [-0.1, -0.05) is 19.8 Å². The van der Waals surface area contributed by atoms with E-state index < -0.39 is 0 Å². The Labute approximate surface area is 94.4 Å². The van der Waals surface area contributed by atoms with Gasteiger partial charge in [-0.05, 0) is 50.7 Å². The van der Waals surface area contributed by atoms with Gasteiger partial charge in [-0.15, -0.1) is 0 Å². The Kier molecular flexibility index (Phi) is 4.04. The molecule has 0 amide bonds. The van der Waals surface area contributed by atoms with Gasteiger partial charge < -0.3 is 10.2 Å². The second-order valence-electron chi connectivity index (χ2n) is 5.38. The van der Waals surface area contributed by atoms with Crippen LogP contribution in [0, 0.1) is 17.8 Å². The molecule has 2 rings (SSSR count). The molecule has 0 bridgehead atoms. The van der Waals surface area contributed by atoms with Crippen LogP contribution in [0.2, 0.25) is 0 Å². The fraction of sp³-hybridized carbons (Fsp3) is 1.00. The van der Waals surface area contributed by atoms with Crippen LogP contribution in [0.3, 0.4) is 0 Å². The summed E-state index contributed by atoms with van der Waals surface area (Å²) in [4.78, 5) is 2.37. The summed E-state index contributed by atoms with van der Waals surface area (Å²) in [5.74, 6) is 3.25. The van der Waals surface area contributed by atoms with Crippen LogP contribution in [0.25, 0.3) is 0 Å². The maximum Gasteiger partial charge on any atom is 0.0104 e. The standard InChI is InChI=1S/C13H26N2/c1-3-15(2)9-8-14-10-13-11-6-4-5-7-12(11)13/h11-14H,3-10H2,1-2H3. The van der Waals surface area contributed by atoms with Crippen LogP contribution in [-0.2, 0) is 0 Å². The molecule has 2 saturated carbocycles. The van der Waals surface area contributed by atoms with Crippen LogP contribution < -0.4 is 5.32 Å². The molecule has 0 radical (unpaired) electrons. The van der Waals surface area contributed by atoms with Gasteiger partial charge in [0.25, 0.3) is 0 Å². The van der Waals surface area contributed by atoms with E-state index >= 15 is 0 Å². The molecule has 1 N–H and O–H groups in total. The average molecular weight is 210 g/mol. The summed E-state index contributed by atoms with van der Waals surface area (Å²) in [6.45, 7) is 7.03. The molecule has 2 heteroatoms. The molecule has 0 aromatic heterocycles. The van der Waals surface area contributed by atoms with Crippen LogP contribution in [0.1, 0.15) is 32.6 Å². The van der Waals surface area contributed by atoms with Crippen molar-refractivity contribution in [2.75, 3.05) is 33.2 Å². The first-order valence-corrected chi connectivity index (χ1v) is 6.72. The maximum atomic E-state index is 3.63. The van der Waals surface area contributed by atoms with Crippen LogP contribution in [0.4, 0.5) is 0 Å². The van der Waals surface area contributed by atoms with Crippen molar-refractivity contribution < 1.29 is 0 Å². The van der Waals surface area contributed by atoms with Crippen molar-refractivity contribution in [2.45, 2.75) is 32.6 Å². The molecule has 0 heterocycles. The fourth-order valence-corrected chi connectivity index (χ4v) is 3.14. The number of likely N-dealkylation sites (N-methyl/N-ethyl adjacent to an activating group) is 1. The summed E-state index contributed by atoms with van der Waals surface area (Å²) in [6.07, 6.45) is 6.03. The number of rotatable bonds is 6. The molecule has 88 valence electrons. The number of hydrogen-bond donors (Lipinski definition) is 1. The minimum atomic E-state index is 1.04. The molecular formula is C13H26N2. The van der Waals surface area contributed by atoms with Crippen molar-refractivity contribution >= 4 is 0 Å². The van der Waals surface area contributed by atoms with Gasteiger partial charge in [-0.2, -0.15) is 0 Å². The highest BCUT2D eigenvalue weighted by molar-refractivity contribution is 4.99. The van der Waals surface area contributed by atoms with Crippen LogP contribution in [-0.4, -0.2) is 38.1 Å². The Hall–Kier alpha value is -0.0800. The van der Waals surface area contributed by atoms with Crippen molar-refractivity contribution in [3.63, 3.8) is 0 Å². The molecule has 0 saturated heterocycles. The minimum Gasteiger partial charge on any atom is -0.315 e. The summed E-state index contributed by atoms with van der Waals surface area (Å²) in [5, 5.41) is 3.63. The second-order valence-corrected chi connectivity index (χ2v) is 5.38. The highest BCUT2D eigenvalue weighted by Gasteiger charge is 2.49. The summed E-state index contributed by atoms with van der Waals surface area (Å²) < 4.78 is 0. The third kappa shape index (κ3) is 2.94. The van der Waals surface area contributed by atoms with Crippen molar-refractivity contribution in [3.05, 3.63) is 0 Å². The predicted octanol–water partition coefficient (Wildman–Crippen LogP) is 1.96. The molecule has 2 aliphatic carbocycles. The molecular weight excluding hydrogens is 184 g/mol. The van der Waals surface area contributed by atoms with Gasteiger partial charge in [0, 0.05) is 13.1 Å². The topological polar surface area (TPSA) is 15.3 Å². The van der Waals surface area contributed by atoms with Crippen molar-refractivity contribution in [1.29, 1.82) is 0 Å². The quantitative estimate of drug-likeness (QED) is 0.674. The Morgan fingerprint density at radius 3 is 2.47 bits per heavy atom. The Morgan fingerprint density at radius 1 is 1.20 bits per heavy atom. The lowest BCUT2D eigenvalue weighted by Gasteiger charge is -2.13. The van der Waals surface area contributed by atoms with E-state index in [0.717, 1.165) is 24.3 Å². The van der Waals surface area contributed by atoms with Crippen LogP contribution in [0.15, 0.2) is 0 Å². The molecule has 0 aromatic rings. The lowest BCUT2D eigenvalue weighted by atomic mass is 10.0. The molecule has 2 nitrogen and oxygen atoms in total. The first kappa shape index (κ1) is 11.4. The van der Waals surface area contributed by atoms with Crippen molar-refractivity contribution in [3.8, 4) is 0 Å². The van der Waals surface area contributed by atoms with E-state index in [1.54, 1.807) is 0 Å². The van der Waals surface area contributed by atoms with Gasteiger partial charge >= 0.3 is 0 Å². The molecule has 0 aromatic carbocycles. The predicted molar refractivity (Wildman–Crippen MR) is 65.0 cm³/mol. The third-order valence-corrected chi connectivity index (χ3v) is 4.42. The SMILES string of the molecule is CCN(C)CCNCC1C2CCCCC21. The number of nitrogens with zero attached hydrogens (tertiary/aromatic N) is 1. The lowest BCUT2D eigenvalue weighted by molar-refractivity contribution is 0.347. The van der Waals surface area contributed by atoms with Gasteiger partial charge in [0.05, 0.1) is 0 Å². The molecule has 2 atom stereocenters. The largest absolute Gasteiger partial charge is 0.315 e. The molecule has 2 unspecified atom stereocenters. The highest BCUT2D eigenvalue weighted by atomic mass is 15.1. The first-order valence-electron chi connectivity index (χ1n) is 6.72. The van der Waals surface area contributed by atoms with E-state index in [1.807, 2.05) is 0 Å². The average Bonchev–Trinajstić information content (AvgIpc) is 2.98. The molecule has 0 aliphatic heterocycles. The monoisotopic (exact) mass is 210 g/mol. The zero-order chi connectivity index (χ0) is 10.7. The second kappa shape index (κ2) is 5.31. The minimum absolute atomic E-state index is 1.04. The Bertz CT molecular complexity index is 181. The van der Waals surface area contributed by atoms with Crippen LogP contribution >= 0.6 is 0 Å². The molecule has 0 spiro atoms. The first-order chi connectivity index (χ1) is 7.33. The van der Waals surface area contributed by atoms with Gasteiger partial charge in [-0.25, -0.2) is 0 Å². The van der Waals surface area contributed by atoms with E-state index in [-0.39, 0.29) is 0 Å². The maximum absolute atomic E-state index is 3.63. The smallest absolute Gasteiger partial charge is 0.0104 e. The fourth-order valence-electron chi connectivity index (χ4n) is 3.14. The summed E-state index contributed by atoms with van der Waals surface area (Å²) in [7, 11) is 2.19. The van der Waals surface area contributed by atoms with Crippen LogP contribution in [0.5, 0.6) is 0 Å². The van der Waals surface area contributed by atoms with Gasteiger partial charge in [0.15, 0.2) is 0 Å². The molecule has 2 fully saturated rings. The van der Waals surface area contributed by atoms with Crippen molar-refractivity contribution in [1.82, 2.24) is 10.2 Å². The van der Waals surface area contributed by atoms with Gasteiger partial charge in [-0.3, -0.25) is 0 Å². The summed E-state index contributed by atoms with van der Waals surface area (Å²) >= 11 is 0. The molecule has 15 heavy (non-hydrogen) atoms. The van der Waals surface area contributed by atoms with E-state index in [0.29, 0.717) is 0 Å². The summed E-state index contributed by atoms with van der Waals surface area (Å²) in [5.41, 5.74) is 0. The molecule has 2 aliphatic rings. The van der Waals surface area contributed by atoms with E-state index in [2.05, 4.69) is 24.2 Å². The third-order valence-electron chi connectivity index (χ3n) is 4.42. The highest BCUT2D eigenvalue weighted by Crippen LogP contribution is 2.54. The van der Waals surface area contributed by atoms with Crippen molar-refractivity contribution in [2.24, 2.45) is 17.8 Å². The Morgan fingerprint density at radius 2 is 1.87 bits per heavy atom. The van der Waals surface area contributed by atoms with Gasteiger partial charge in [0.2, 0.25) is 0 Å². The van der Waals surface area contributed by atoms with Gasteiger partial charge in [0.1, 0.15) is 0 Å². The number of fused-ring (bicyclic) bond motifs is 1.